The quantitative estimate of drug-likeness (QED) is 0.677. The van der Waals surface area contributed by atoms with Crippen LogP contribution in [0.2, 0.25) is 0 Å². The summed E-state index contributed by atoms with van der Waals surface area (Å²) in [6, 6.07) is 7.24. The summed E-state index contributed by atoms with van der Waals surface area (Å²) in [6.07, 6.45) is 3.58. The Morgan fingerprint density at radius 3 is 2.14 bits per heavy atom. The third-order valence-corrected chi connectivity index (χ3v) is 4.70. The molecule has 122 valence electrons. The molecule has 0 heterocycles. The molecule has 1 N–H and O–H groups in total. The lowest BCUT2D eigenvalue weighted by atomic mass is 9.79. The summed E-state index contributed by atoms with van der Waals surface area (Å²) in [7, 11) is 0. The molecule has 1 fully saturated rings. The molecule has 0 aromatic heterocycles. The minimum atomic E-state index is -1.93. The van der Waals surface area contributed by atoms with Crippen LogP contribution in [0.15, 0.2) is 29.2 Å². The van der Waals surface area contributed by atoms with Crippen LogP contribution < -0.4 is 0 Å². The van der Waals surface area contributed by atoms with Gasteiger partial charge in [0.15, 0.2) is 11.1 Å². The predicted molar refractivity (Wildman–Crippen MR) is 86.0 cm³/mol. The van der Waals surface area contributed by atoms with E-state index in [9.17, 15) is 9.00 Å². The fourth-order valence-electron chi connectivity index (χ4n) is 2.90. The average Bonchev–Trinajstić information content (AvgIpc) is 2.46. The zero-order chi connectivity index (χ0) is 16.3. The third kappa shape index (κ3) is 4.65. The van der Waals surface area contributed by atoms with Crippen molar-refractivity contribution >= 4 is 17.0 Å². The van der Waals surface area contributed by atoms with Gasteiger partial charge in [0.05, 0.1) is 10.8 Å². The van der Waals surface area contributed by atoms with Crippen LogP contribution in [0.3, 0.4) is 0 Å². The van der Waals surface area contributed by atoms with E-state index in [0.29, 0.717) is 10.8 Å². The fraction of sp³-hybridized carbons (Fsp3) is 0.588. The normalized spacial score (nSPS) is 23.8. The molecule has 1 aliphatic carbocycles. The van der Waals surface area contributed by atoms with Gasteiger partial charge in [-0.25, -0.2) is 4.21 Å². The second-order valence-electron chi connectivity index (χ2n) is 6.90. The Kier molecular flexibility index (Phi) is 5.40. The van der Waals surface area contributed by atoms with Gasteiger partial charge in [-0.05, 0) is 70.1 Å². The van der Waals surface area contributed by atoms with Crippen LogP contribution in [0.1, 0.15) is 57.9 Å². The highest BCUT2D eigenvalue weighted by Crippen LogP contribution is 2.36. The summed E-state index contributed by atoms with van der Waals surface area (Å²) in [6.45, 7) is 5.68. The Balaban J connectivity index is 1.91. The van der Waals surface area contributed by atoms with Crippen molar-refractivity contribution in [1.82, 2.24) is 0 Å². The van der Waals surface area contributed by atoms with Crippen molar-refractivity contribution in [3.05, 3.63) is 29.8 Å². The van der Waals surface area contributed by atoms with Crippen molar-refractivity contribution in [3.63, 3.8) is 0 Å². The van der Waals surface area contributed by atoms with Crippen LogP contribution in [0.4, 0.5) is 0 Å². The summed E-state index contributed by atoms with van der Waals surface area (Å²) >= 11 is -1.93. The van der Waals surface area contributed by atoms with E-state index in [4.69, 9.17) is 9.29 Å². The molecule has 2 rings (SSSR count). The molecular formula is C17H24O4S. The number of carbonyl (C=O) groups excluding carboxylic acids is 1. The van der Waals surface area contributed by atoms with Crippen molar-refractivity contribution < 1.29 is 18.3 Å². The number of carbonyl (C=O) groups is 1. The zero-order valence-electron chi connectivity index (χ0n) is 13.4. The second kappa shape index (κ2) is 6.92. The van der Waals surface area contributed by atoms with Gasteiger partial charge in [-0.3, -0.25) is 4.79 Å². The van der Waals surface area contributed by atoms with Crippen LogP contribution >= 0.6 is 0 Å². The lowest BCUT2D eigenvalue weighted by Crippen LogP contribution is -2.30. The Bertz CT molecular complexity index is 537. The molecule has 0 aliphatic heterocycles. The maximum atomic E-state index is 12.1. The van der Waals surface area contributed by atoms with Gasteiger partial charge < -0.3 is 9.29 Å². The largest absolute Gasteiger partial charge is 0.460 e. The molecule has 5 heteroatoms. The zero-order valence-corrected chi connectivity index (χ0v) is 14.2. The van der Waals surface area contributed by atoms with Crippen molar-refractivity contribution in [3.8, 4) is 0 Å². The van der Waals surface area contributed by atoms with Gasteiger partial charge in [0.25, 0.3) is 0 Å². The van der Waals surface area contributed by atoms with Gasteiger partial charge in [-0.15, -0.1) is 0 Å². The summed E-state index contributed by atoms with van der Waals surface area (Å²) < 4.78 is 25.5. The maximum absolute atomic E-state index is 12.1. The Morgan fingerprint density at radius 1 is 1.14 bits per heavy atom. The summed E-state index contributed by atoms with van der Waals surface area (Å²) in [5, 5.41) is 0. The molecule has 0 spiro atoms. The summed E-state index contributed by atoms with van der Waals surface area (Å²) in [5.41, 5.74) is 0.751. The average molecular weight is 324 g/mol. The molecule has 1 aliphatic rings. The van der Waals surface area contributed by atoms with E-state index >= 15 is 0 Å². The highest BCUT2D eigenvalue weighted by molar-refractivity contribution is 7.79. The van der Waals surface area contributed by atoms with Crippen molar-refractivity contribution in [2.24, 2.45) is 5.92 Å². The van der Waals surface area contributed by atoms with E-state index in [1.165, 1.54) is 5.56 Å². The van der Waals surface area contributed by atoms with Gasteiger partial charge in [0, 0.05) is 0 Å². The predicted octanol–water partition coefficient (Wildman–Crippen LogP) is 3.88. The van der Waals surface area contributed by atoms with Crippen LogP contribution in [0.5, 0.6) is 0 Å². The molecule has 1 aromatic carbocycles. The molecular weight excluding hydrogens is 300 g/mol. The van der Waals surface area contributed by atoms with Crippen molar-refractivity contribution in [1.29, 1.82) is 0 Å². The number of hydrogen-bond donors (Lipinski definition) is 1. The Hall–Kier alpha value is -1.20. The van der Waals surface area contributed by atoms with E-state index in [2.05, 4.69) is 0 Å². The molecule has 1 saturated carbocycles. The molecule has 0 saturated heterocycles. The number of hydrogen-bond acceptors (Lipinski definition) is 3. The maximum Gasteiger partial charge on any atom is 0.309 e. The number of benzene rings is 1. The first kappa shape index (κ1) is 17.2. The fourth-order valence-corrected chi connectivity index (χ4v) is 3.27. The smallest absolute Gasteiger partial charge is 0.309 e. The van der Waals surface area contributed by atoms with Crippen LogP contribution in [0, 0.1) is 5.92 Å². The van der Waals surface area contributed by atoms with E-state index in [0.717, 1.165) is 25.7 Å². The molecule has 0 amide bonds. The van der Waals surface area contributed by atoms with Crippen LogP contribution in [-0.2, 0) is 20.6 Å². The number of rotatable bonds is 3. The lowest BCUT2D eigenvalue weighted by molar-refractivity contribution is -0.161. The molecule has 0 bridgehead atoms. The SMILES string of the molecule is CC(C)(C)OC(=O)C1CCC(c2ccc(S(=O)O)cc2)CC1. The molecule has 4 nitrogen and oxygen atoms in total. The molecule has 22 heavy (non-hydrogen) atoms. The molecule has 1 atom stereocenters. The number of esters is 1. The van der Waals surface area contributed by atoms with E-state index in [1.807, 2.05) is 32.9 Å². The van der Waals surface area contributed by atoms with Crippen molar-refractivity contribution in [2.45, 2.75) is 62.9 Å². The van der Waals surface area contributed by atoms with Gasteiger partial charge in [-0.2, -0.15) is 0 Å². The highest BCUT2D eigenvalue weighted by Gasteiger charge is 2.30. The standard InChI is InChI=1S/C17H24O4S/c1-17(2,3)21-16(18)14-6-4-12(5-7-14)13-8-10-15(11-9-13)22(19)20/h8-12,14H,4-7H2,1-3H3,(H,19,20). The summed E-state index contributed by atoms with van der Waals surface area (Å²) in [5.74, 6) is 0.330. The number of ether oxygens (including phenoxy) is 1. The van der Waals surface area contributed by atoms with Crippen LogP contribution in [0.25, 0.3) is 0 Å². The Morgan fingerprint density at radius 2 is 1.68 bits per heavy atom. The minimum Gasteiger partial charge on any atom is -0.460 e. The first-order chi connectivity index (χ1) is 10.3. The minimum absolute atomic E-state index is 0.000284. The van der Waals surface area contributed by atoms with Gasteiger partial charge in [-0.1, -0.05) is 12.1 Å². The van der Waals surface area contributed by atoms with Crippen LogP contribution in [-0.4, -0.2) is 20.3 Å². The third-order valence-electron chi connectivity index (χ3n) is 4.02. The lowest BCUT2D eigenvalue weighted by Gasteiger charge is -2.30. The van der Waals surface area contributed by atoms with Gasteiger partial charge in [0.1, 0.15) is 5.60 Å². The monoisotopic (exact) mass is 324 g/mol. The molecule has 1 aromatic rings. The van der Waals surface area contributed by atoms with Gasteiger partial charge >= 0.3 is 5.97 Å². The van der Waals surface area contributed by atoms with E-state index in [1.54, 1.807) is 12.1 Å². The highest BCUT2D eigenvalue weighted by atomic mass is 32.2. The first-order valence-electron chi connectivity index (χ1n) is 7.70. The molecule has 1 unspecified atom stereocenters. The van der Waals surface area contributed by atoms with E-state index in [-0.39, 0.29) is 11.9 Å². The molecule has 0 radical (unpaired) electrons. The van der Waals surface area contributed by atoms with E-state index < -0.39 is 16.7 Å². The Labute approximate surface area is 134 Å². The first-order valence-corrected chi connectivity index (χ1v) is 8.80. The second-order valence-corrected chi connectivity index (χ2v) is 7.87. The van der Waals surface area contributed by atoms with Gasteiger partial charge in [0.2, 0.25) is 0 Å². The summed E-state index contributed by atoms with van der Waals surface area (Å²) in [4.78, 5) is 12.5. The van der Waals surface area contributed by atoms with Crippen molar-refractivity contribution in [2.75, 3.05) is 0 Å². The topological polar surface area (TPSA) is 63.6 Å².